The smallest absolute Gasteiger partial charge is 0.166 e. The van der Waals surface area contributed by atoms with Crippen LogP contribution in [-0.2, 0) is 0 Å². The van der Waals surface area contributed by atoms with E-state index in [2.05, 4.69) is 17.2 Å². The second-order valence-electron chi connectivity index (χ2n) is 3.77. The maximum Gasteiger partial charge on any atom is 0.166 e. The Bertz CT molecular complexity index is 195. The van der Waals surface area contributed by atoms with Crippen LogP contribution in [0.1, 0.15) is 32.6 Å². The van der Waals surface area contributed by atoms with Crippen molar-refractivity contribution < 1.29 is 0 Å². The maximum absolute atomic E-state index is 5.15. The van der Waals surface area contributed by atoms with Gasteiger partial charge in [-0.3, -0.25) is 0 Å². The molecule has 2 N–H and O–H groups in total. The van der Waals surface area contributed by atoms with Gasteiger partial charge in [0, 0.05) is 12.6 Å². The van der Waals surface area contributed by atoms with Crippen LogP contribution < -0.4 is 10.6 Å². The van der Waals surface area contributed by atoms with E-state index in [4.69, 9.17) is 12.2 Å². The summed E-state index contributed by atoms with van der Waals surface area (Å²) in [7, 11) is 0. The summed E-state index contributed by atoms with van der Waals surface area (Å²) >= 11 is 5.15. The molecular formula is C10H18N2S. The van der Waals surface area contributed by atoms with E-state index in [-0.39, 0.29) is 0 Å². The average molecular weight is 198 g/mol. The summed E-state index contributed by atoms with van der Waals surface area (Å²) in [6.07, 6.45) is 5.19. The van der Waals surface area contributed by atoms with E-state index < -0.39 is 0 Å². The summed E-state index contributed by atoms with van der Waals surface area (Å²) < 4.78 is 0. The lowest BCUT2D eigenvalue weighted by Crippen LogP contribution is -2.41. The van der Waals surface area contributed by atoms with Gasteiger partial charge in [0.1, 0.15) is 0 Å². The zero-order chi connectivity index (χ0) is 9.68. The van der Waals surface area contributed by atoms with Gasteiger partial charge in [0.25, 0.3) is 0 Å². The summed E-state index contributed by atoms with van der Waals surface area (Å²) in [6.45, 7) is 6.58. The fraction of sp³-hybridized carbons (Fsp3) is 0.700. The SMILES string of the molecule is C=C(C)CNC(=S)NC1CCCC1. The van der Waals surface area contributed by atoms with E-state index in [1.165, 1.54) is 25.7 Å². The van der Waals surface area contributed by atoms with Gasteiger partial charge in [0.15, 0.2) is 5.11 Å². The molecule has 0 aromatic carbocycles. The van der Waals surface area contributed by atoms with Crippen LogP contribution in [0.15, 0.2) is 12.2 Å². The largest absolute Gasteiger partial charge is 0.360 e. The minimum absolute atomic E-state index is 0.602. The first-order valence-electron chi connectivity index (χ1n) is 4.87. The number of nitrogens with one attached hydrogen (secondary N) is 2. The van der Waals surface area contributed by atoms with E-state index in [1.807, 2.05) is 6.92 Å². The van der Waals surface area contributed by atoms with Gasteiger partial charge in [-0.05, 0) is 32.0 Å². The summed E-state index contributed by atoms with van der Waals surface area (Å²) in [5.41, 5.74) is 1.11. The molecule has 0 atom stereocenters. The molecule has 0 aliphatic heterocycles. The normalized spacial score (nSPS) is 17.0. The highest BCUT2D eigenvalue weighted by molar-refractivity contribution is 7.80. The van der Waals surface area contributed by atoms with Crippen molar-refractivity contribution in [1.29, 1.82) is 0 Å². The lowest BCUT2D eigenvalue weighted by Gasteiger charge is -2.15. The molecule has 74 valence electrons. The van der Waals surface area contributed by atoms with Crippen molar-refractivity contribution in [3.8, 4) is 0 Å². The highest BCUT2D eigenvalue weighted by Gasteiger charge is 2.14. The average Bonchev–Trinajstić information content (AvgIpc) is 2.53. The molecule has 0 heterocycles. The zero-order valence-corrected chi connectivity index (χ0v) is 9.04. The van der Waals surface area contributed by atoms with Gasteiger partial charge < -0.3 is 10.6 Å². The Morgan fingerprint density at radius 1 is 1.46 bits per heavy atom. The van der Waals surface area contributed by atoms with Crippen LogP contribution in [0, 0.1) is 0 Å². The van der Waals surface area contributed by atoms with E-state index in [9.17, 15) is 0 Å². The fourth-order valence-corrected chi connectivity index (χ4v) is 1.78. The van der Waals surface area contributed by atoms with Gasteiger partial charge >= 0.3 is 0 Å². The van der Waals surface area contributed by atoms with Crippen molar-refractivity contribution in [3.05, 3.63) is 12.2 Å². The van der Waals surface area contributed by atoms with E-state index in [0.717, 1.165) is 17.2 Å². The second kappa shape index (κ2) is 5.22. The van der Waals surface area contributed by atoms with Crippen LogP contribution in [0.5, 0.6) is 0 Å². The Labute approximate surface area is 85.8 Å². The summed E-state index contributed by atoms with van der Waals surface area (Å²) in [4.78, 5) is 0. The Kier molecular flexibility index (Phi) is 4.22. The summed E-state index contributed by atoms with van der Waals surface area (Å²) in [6, 6.07) is 0.602. The number of hydrogen-bond donors (Lipinski definition) is 2. The third-order valence-electron chi connectivity index (χ3n) is 2.24. The van der Waals surface area contributed by atoms with Gasteiger partial charge in [-0.2, -0.15) is 0 Å². The van der Waals surface area contributed by atoms with Crippen LogP contribution in [0.3, 0.4) is 0 Å². The molecule has 1 rings (SSSR count). The minimum Gasteiger partial charge on any atom is -0.360 e. The lowest BCUT2D eigenvalue weighted by atomic mass is 10.2. The van der Waals surface area contributed by atoms with Crippen molar-refractivity contribution in [1.82, 2.24) is 10.6 Å². The molecule has 1 fully saturated rings. The van der Waals surface area contributed by atoms with Crippen molar-refractivity contribution in [2.75, 3.05) is 6.54 Å². The molecule has 1 aliphatic rings. The van der Waals surface area contributed by atoms with Crippen LogP contribution >= 0.6 is 12.2 Å². The Hall–Kier alpha value is -0.570. The monoisotopic (exact) mass is 198 g/mol. The van der Waals surface area contributed by atoms with Crippen LogP contribution in [0.25, 0.3) is 0 Å². The highest BCUT2D eigenvalue weighted by atomic mass is 32.1. The second-order valence-corrected chi connectivity index (χ2v) is 4.17. The standard InChI is InChI=1S/C10H18N2S/c1-8(2)7-11-10(13)12-9-5-3-4-6-9/h9H,1,3-7H2,2H3,(H2,11,12,13). The Balaban J connectivity index is 2.13. The lowest BCUT2D eigenvalue weighted by molar-refractivity contribution is 0.624. The Morgan fingerprint density at radius 2 is 2.08 bits per heavy atom. The molecule has 13 heavy (non-hydrogen) atoms. The third kappa shape index (κ3) is 4.27. The van der Waals surface area contributed by atoms with Crippen LogP contribution in [0.4, 0.5) is 0 Å². The van der Waals surface area contributed by atoms with E-state index in [1.54, 1.807) is 0 Å². The first kappa shape index (κ1) is 10.5. The van der Waals surface area contributed by atoms with Crippen LogP contribution in [-0.4, -0.2) is 17.7 Å². The van der Waals surface area contributed by atoms with Crippen molar-refractivity contribution in [2.24, 2.45) is 0 Å². The van der Waals surface area contributed by atoms with Crippen molar-refractivity contribution >= 4 is 17.3 Å². The molecular weight excluding hydrogens is 180 g/mol. The van der Waals surface area contributed by atoms with E-state index >= 15 is 0 Å². The van der Waals surface area contributed by atoms with Gasteiger partial charge in [0.05, 0.1) is 0 Å². The summed E-state index contributed by atoms with van der Waals surface area (Å²) in [5, 5.41) is 7.22. The third-order valence-corrected chi connectivity index (χ3v) is 2.50. The predicted octanol–water partition coefficient (Wildman–Crippen LogP) is 1.97. The number of hydrogen-bond acceptors (Lipinski definition) is 1. The highest BCUT2D eigenvalue weighted by Crippen LogP contribution is 2.17. The minimum atomic E-state index is 0.602. The van der Waals surface area contributed by atoms with Gasteiger partial charge in [-0.25, -0.2) is 0 Å². The van der Waals surface area contributed by atoms with Crippen LogP contribution in [0.2, 0.25) is 0 Å². The Morgan fingerprint density at radius 3 is 2.62 bits per heavy atom. The van der Waals surface area contributed by atoms with Crippen molar-refractivity contribution in [3.63, 3.8) is 0 Å². The molecule has 0 unspecified atom stereocenters. The molecule has 0 radical (unpaired) electrons. The number of rotatable bonds is 3. The molecule has 3 heteroatoms. The zero-order valence-electron chi connectivity index (χ0n) is 8.23. The molecule has 0 aromatic heterocycles. The molecule has 0 spiro atoms. The molecule has 1 aliphatic carbocycles. The van der Waals surface area contributed by atoms with Gasteiger partial charge in [-0.1, -0.05) is 25.0 Å². The molecule has 2 nitrogen and oxygen atoms in total. The first-order chi connectivity index (χ1) is 6.18. The van der Waals surface area contributed by atoms with Gasteiger partial charge in [-0.15, -0.1) is 0 Å². The van der Waals surface area contributed by atoms with E-state index in [0.29, 0.717) is 6.04 Å². The van der Waals surface area contributed by atoms with Gasteiger partial charge in [0.2, 0.25) is 0 Å². The fourth-order valence-electron chi connectivity index (χ4n) is 1.54. The first-order valence-corrected chi connectivity index (χ1v) is 5.28. The molecule has 0 bridgehead atoms. The van der Waals surface area contributed by atoms with Crippen molar-refractivity contribution in [2.45, 2.75) is 38.6 Å². The molecule has 0 saturated heterocycles. The quantitative estimate of drug-likeness (QED) is 0.535. The summed E-state index contributed by atoms with van der Waals surface area (Å²) in [5.74, 6) is 0. The molecule has 0 aromatic rings. The topological polar surface area (TPSA) is 24.1 Å². The predicted molar refractivity (Wildman–Crippen MR) is 60.8 cm³/mol. The molecule has 0 amide bonds. The maximum atomic E-state index is 5.15. The molecule has 1 saturated carbocycles. The number of thiocarbonyl (C=S) groups is 1.